The zero-order valence-corrected chi connectivity index (χ0v) is 13.7. The van der Waals surface area contributed by atoms with Crippen LogP contribution < -0.4 is 0 Å². The minimum Gasteiger partial charge on any atom is -0.222 e. The van der Waals surface area contributed by atoms with Crippen LogP contribution in [-0.2, 0) is 6.42 Å². The van der Waals surface area contributed by atoms with Gasteiger partial charge in [-0.15, -0.1) is 11.3 Å². The van der Waals surface area contributed by atoms with Gasteiger partial charge in [-0.25, -0.2) is 9.97 Å². The van der Waals surface area contributed by atoms with Crippen LogP contribution in [0.3, 0.4) is 0 Å². The summed E-state index contributed by atoms with van der Waals surface area (Å²) >= 11 is 8.12. The normalized spacial score (nSPS) is 23.4. The third kappa shape index (κ3) is 2.71. The second-order valence-electron chi connectivity index (χ2n) is 5.78. The highest BCUT2D eigenvalue weighted by Gasteiger charge is 2.24. The molecule has 4 heteroatoms. The van der Waals surface area contributed by atoms with Gasteiger partial charge in [-0.1, -0.05) is 31.9 Å². The molecule has 0 aliphatic heterocycles. The van der Waals surface area contributed by atoms with Crippen LogP contribution in [0.1, 0.15) is 62.6 Å². The van der Waals surface area contributed by atoms with Gasteiger partial charge in [0.15, 0.2) is 0 Å². The third-order valence-electron chi connectivity index (χ3n) is 4.55. The van der Waals surface area contributed by atoms with E-state index in [-0.39, 0.29) is 0 Å². The first-order chi connectivity index (χ1) is 9.71. The molecule has 2 heterocycles. The predicted octanol–water partition coefficient (Wildman–Crippen LogP) is 5.59. The fraction of sp³-hybridized carbons (Fsp3) is 0.625. The molecule has 1 aliphatic carbocycles. The van der Waals surface area contributed by atoms with Gasteiger partial charge in [0.25, 0.3) is 0 Å². The Morgan fingerprint density at radius 2 is 1.95 bits per heavy atom. The molecule has 0 spiro atoms. The van der Waals surface area contributed by atoms with Crippen molar-refractivity contribution in [2.75, 3.05) is 0 Å². The van der Waals surface area contributed by atoms with Gasteiger partial charge in [0, 0.05) is 16.2 Å². The van der Waals surface area contributed by atoms with Gasteiger partial charge in [-0.05, 0) is 44.1 Å². The van der Waals surface area contributed by atoms with Gasteiger partial charge in [-0.2, -0.15) is 0 Å². The van der Waals surface area contributed by atoms with E-state index in [1.807, 2.05) is 0 Å². The molecule has 0 unspecified atom stereocenters. The van der Waals surface area contributed by atoms with Crippen molar-refractivity contribution in [2.45, 2.75) is 58.3 Å². The van der Waals surface area contributed by atoms with Crippen molar-refractivity contribution in [1.82, 2.24) is 9.97 Å². The first-order valence-corrected chi connectivity index (χ1v) is 8.86. The molecule has 2 nitrogen and oxygen atoms in total. The highest BCUT2D eigenvalue weighted by molar-refractivity contribution is 7.18. The van der Waals surface area contributed by atoms with Crippen molar-refractivity contribution in [3.63, 3.8) is 0 Å². The summed E-state index contributed by atoms with van der Waals surface area (Å²) in [6, 6.07) is 2.14. The Labute approximate surface area is 129 Å². The molecule has 0 bridgehead atoms. The Bertz CT molecular complexity index is 600. The average Bonchev–Trinajstić information content (AvgIpc) is 2.91. The quantitative estimate of drug-likeness (QED) is 0.691. The minimum atomic E-state index is 0.506. The van der Waals surface area contributed by atoms with Gasteiger partial charge in [0.05, 0.1) is 0 Å². The summed E-state index contributed by atoms with van der Waals surface area (Å²) in [6.07, 6.45) is 7.39. The highest BCUT2D eigenvalue weighted by Crippen LogP contribution is 2.37. The zero-order chi connectivity index (χ0) is 14.1. The summed E-state index contributed by atoms with van der Waals surface area (Å²) in [6.45, 7) is 4.46. The van der Waals surface area contributed by atoms with Crippen LogP contribution in [0.15, 0.2) is 6.07 Å². The summed E-state index contributed by atoms with van der Waals surface area (Å²) in [4.78, 5) is 11.8. The van der Waals surface area contributed by atoms with E-state index in [9.17, 15) is 0 Å². The van der Waals surface area contributed by atoms with Crippen molar-refractivity contribution < 1.29 is 0 Å². The van der Waals surface area contributed by atoms with Crippen LogP contribution >= 0.6 is 22.9 Å². The topological polar surface area (TPSA) is 25.8 Å². The highest BCUT2D eigenvalue weighted by atomic mass is 35.5. The second kappa shape index (κ2) is 5.98. The fourth-order valence-electron chi connectivity index (χ4n) is 3.14. The maximum atomic E-state index is 6.36. The van der Waals surface area contributed by atoms with Crippen LogP contribution in [0.2, 0.25) is 5.15 Å². The molecule has 2 aromatic rings. The maximum Gasteiger partial charge on any atom is 0.141 e. The number of hydrogen-bond donors (Lipinski definition) is 0. The Morgan fingerprint density at radius 1 is 1.20 bits per heavy atom. The van der Waals surface area contributed by atoms with Crippen molar-refractivity contribution in [2.24, 2.45) is 5.92 Å². The number of thiophene rings is 1. The van der Waals surface area contributed by atoms with Crippen LogP contribution in [0.25, 0.3) is 10.2 Å². The Kier molecular flexibility index (Phi) is 4.27. The number of aromatic nitrogens is 2. The Balaban J connectivity index is 1.88. The molecule has 1 fully saturated rings. The Morgan fingerprint density at radius 3 is 2.60 bits per heavy atom. The van der Waals surface area contributed by atoms with E-state index >= 15 is 0 Å². The smallest absolute Gasteiger partial charge is 0.141 e. The monoisotopic (exact) mass is 308 g/mol. The molecule has 0 N–H and O–H groups in total. The van der Waals surface area contributed by atoms with Crippen molar-refractivity contribution in [3.8, 4) is 0 Å². The van der Waals surface area contributed by atoms with Gasteiger partial charge in [-0.3, -0.25) is 0 Å². The van der Waals surface area contributed by atoms with Crippen LogP contribution in [0.4, 0.5) is 0 Å². The molecule has 20 heavy (non-hydrogen) atoms. The molecule has 1 saturated carbocycles. The molecule has 0 atom stereocenters. The van der Waals surface area contributed by atoms with Gasteiger partial charge < -0.3 is 0 Å². The average molecular weight is 309 g/mol. The molecular formula is C16H21ClN2S. The van der Waals surface area contributed by atoms with Crippen molar-refractivity contribution >= 4 is 33.2 Å². The predicted molar refractivity (Wildman–Crippen MR) is 86.8 cm³/mol. The number of aryl methyl sites for hydroxylation is 1. The summed E-state index contributed by atoms with van der Waals surface area (Å²) in [5.74, 6) is 2.38. The lowest BCUT2D eigenvalue weighted by Gasteiger charge is -2.26. The van der Waals surface area contributed by atoms with E-state index in [1.54, 1.807) is 11.3 Å². The SMILES string of the molecule is CCc1cc2c(Cl)nc(C3CCC(CC)CC3)nc2s1. The van der Waals surface area contributed by atoms with Crippen LogP contribution in [-0.4, -0.2) is 9.97 Å². The van der Waals surface area contributed by atoms with Gasteiger partial charge in [0.1, 0.15) is 15.8 Å². The third-order valence-corrected chi connectivity index (χ3v) is 6.01. The molecule has 108 valence electrons. The maximum absolute atomic E-state index is 6.36. The lowest BCUT2D eigenvalue weighted by molar-refractivity contribution is 0.312. The second-order valence-corrected chi connectivity index (χ2v) is 7.26. The van der Waals surface area contributed by atoms with Crippen molar-refractivity contribution in [3.05, 3.63) is 21.9 Å². The summed E-state index contributed by atoms with van der Waals surface area (Å²) in [5, 5.41) is 1.66. The van der Waals surface area contributed by atoms with Crippen LogP contribution in [0, 0.1) is 5.92 Å². The van der Waals surface area contributed by atoms with E-state index in [0.717, 1.165) is 28.4 Å². The summed E-state index contributed by atoms with van der Waals surface area (Å²) in [5.41, 5.74) is 0. The fourth-order valence-corrected chi connectivity index (χ4v) is 4.40. The van der Waals surface area contributed by atoms with E-state index in [4.69, 9.17) is 16.6 Å². The van der Waals surface area contributed by atoms with Gasteiger partial charge >= 0.3 is 0 Å². The van der Waals surface area contributed by atoms with Crippen LogP contribution in [0.5, 0.6) is 0 Å². The Hall–Kier alpha value is -0.670. The first kappa shape index (κ1) is 14.3. The van der Waals surface area contributed by atoms with E-state index in [0.29, 0.717) is 11.1 Å². The number of nitrogens with zero attached hydrogens (tertiary/aromatic N) is 2. The molecule has 3 rings (SSSR count). The number of halogens is 1. The molecule has 0 amide bonds. The summed E-state index contributed by atoms with van der Waals surface area (Å²) < 4.78 is 0. The molecular weight excluding hydrogens is 288 g/mol. The molecule has 2 aromatic heterocycles. The molecule has 0 aromatic carbocycles. The molecule has 0 saturated heterocycles. The minimum absolute atomic E-state index is 0.506. The number of rotatable bonds is 3. The van der Waals surface area contributed by atoms with E-state index in [1.165, 1.54) is 37.0 Å². The van der Waals surface area contributed by atoms with E-state index in [2.05, 4.69) is 24.9 Å². The van der Waals surface area contributed by atoms with E-state index < -0.39 is 0 Å². The largest absolute Gasteiger partial charge is 0.222 e. The summed E-state index contributed by atoms with van der Waals surface area (Å²) in [7, 11) is 0. The van der Waals surface area contributed by atoms with Crippen molar-refractivity contribution in [1.29, 1.82) is 0 Å². The molecule has 1 aliphatic rings. The molecule has 0 radical (unpaired) electrons. The first-order valence-electron chi connectivity index (χ1n) is 7.67. The standard InChI is InChI=1S/C16H21ClN2S/c1-3-10-5-7-11(8-6-10)15-18-14(17)13-9-12(4-2)20-16(13)19-15/h9-11H,3-8H2,1-2H3. The lowest BCUT2D eigenvalue weighted by Crippen LogP contribution is -2.14. The lowest BCUT2D eigenvalue weighted by atomic mass is 9.80. The zero-order valence-electron chi connectivity index (χ0n) is 12.2. The van der Waals surface area contributed by atoms with Gasteiger partial charge in [0.2, 0.25) is 0 Å². The number of hydrogen-bond acceptors (Lipinski definition) is 3. The number of fused-ring (bicyclic) bond motifs is 1.